The largest absolute Gasteiger partial charge is 0.513 e. The van der Waals surface area contributed by atoms with Crippen LogP contribution in [0.1, 0.15) is 124 Å². The highest BCUT2D eigenvalue weighted by atomic mass is 17.2. The second-order valence-corrected chi connectivity index (χ2v) is 8.85. The highest BCUT2D eigenvalue weighted by Crippen LogP contribution is 2.17. The Labute approximate surface area is 177 Å². The molecule has 29 heavy (non-hydrogen) atoms. The van der Waals surface area contributed by atoms with Crippen molar-refractivity contribution in [2.75, 3.05) is 0 Å². The predicted octanol–water partition coefficient (Wildman–Crippen LogP) is 7.19. The lowest BCUT2D eigenvalue weighted by Gasteiger charge is -2.21. The first kappa shape index (κ1) is 27.9. The molecule has 0 aliphatic rings. The van der Waals surface area contributed by atoms with Crippen LogP contribution < -0.4 is 0 Å². The van der Waals surface area contributed by atoms with E-state index in [1.54, 1.807) is 20.8 Å². The molecule has 0 heterocycles. The van der Waals surface area contributed by atoms with Crippen molar-refractivity contribution in [3.8, 4) is 0 Å². The molecule has 0 spiro atoms. The lowest BCUT2D eigenvalue weighted by Crippen LogP contribution is -2.32. The molecule has 0 aromatic heterocycles. The number of esters is 1. The van der Waals surface area contributed by atoms with Crippen LogP contribution in [0, 0.1) is 0 Å². The molecule has 6 heteroatoms. The van der Waals surface area contributed by atoms with Crippen molar-refractivity contribution < 1.29 is 29.2 Å². The van der Waals surface area contributed by atoms with E-state index in [0.29, 0.717) is 6.42 Å². The molecule has 0 bridgehead atoms. The van der Waals surface area contributed by atoms with Crippen molar-refractivity contribution in [3.05, 3.63) is 0 Å². The van der Waals surface area contributed by atoms with Gasteiger partial charge in [-0.3, -0.25) is 0 Å². The molecule has 0 fully saturated rings. The van der Waals surface area contributed by atoms with Crippen molar-refractivity contribution in [1.29, 1.82) is 0 Å². The second kappa shape index (κ2) is 17.7. The standard InChI is InChI=1S/C23H44O6/c1-5-6-7-8-9-10-11-12-13-14-15-16-17-18-19-20(21(24)27-22(25)26)28-29-23(2,3)4/h20H,5-19H2,1-4H3,(H,25,26). The quantitative estimate of drug-likeness (QED) is 0.0836. The van der Waals surface area contributed by atoms with Crippen LogP contribution in [0.2, 0.25) is 0 Å². The third-order valence-electron chi connectivity index (χ3n) is 4.68. The van der Waals surface area contributed by atoms with Crippen molar-refractivity contribution in [1.82, 2.24) is 0 Å². The number of carbonyl (C=O) groups excluding carboxylic acids is 1. The highest BCUT2D eigenvalue weighted by Gasteiger charge is 2.26. The molecular weight excluding hydrogens is 372 g/mol. The van der Waals surface area contributed by atoms with Gasteiger partial charge in [0.05, 0.1) is 5.60 Å². The number of hydrogen-bond acceptors (Lipinski definition) is 5. The van der Waals surface area contributed by atoms with E-state index in [-0.39, 0.29) is 0 Å². The Kier molecular flexibility index (Phi) is 17.0. The summed E-state index contributed by atoms with van der Waals surface area (Å²) in [6, 6.07) is 0. The zero-order valence-electron chi connectivity index (χ0n) is 19.2. The first-order valence-electron chi connectivity index (χ1n) is 11.6. The minimum atomic E-state index is -1.62. The summed E-state index contributed by atoms with van der Waals surface area (Å²) in [6.07, 6.45) is 15.2. The molecule has 1 N–H and O–H groups in total. The van der Waals surface area contributed by atoms with Crippen LogP contribution in [0.5, 0.6) is 0 Å². The summed E-state index contributed by atoms with van der Waals surface area (Å²) in [4.78, 5) is 32.7. The fourth-order valence-electron chi connectivity index (χ4n) is 3.08. The normalized spacial score (nSPS) is 12.7. The molecule has 0 amide bonds. The molecule has 6 nitrogen and oxygen atoms in total. The minimum Gasteiger partial charge on any atom is -0.449 e. The van der Waals surface area contributed by atoms with Gasteiger partial charge in [0.1, 0.15) is 0 Å². The number of rotatable bonds is 18. The van der Waals surface area contributed by atoms with E-state index < -0.39 is 23.8 Å². The monoisotopic (exact) mass is 416 g/mol. The van der Waals surface area contributed by atoms with E-state index in [0.717, 1.165) is 19.3 Å². The Morgan fingerprint density at radius 1 is 0.759 bits per heavy atom. The van der Waals surface area contributed by atoms with Gasteiger partial charge in [-0.25, -0.2) is 19.4 Å². The summed E-state index contributed by atoms with van der Waals surface area (Å²) < 4.78 is 4.22. The number of carbonyl (C=O) groups is 2. The van der Waals surface area contributed by atoms with Crippen LogP contribution >= 0.6 is 0 Å². The lowest BCUT2D eigenvalue weighted by atomic mass is 10.0. The first-order chi connectivity index (χ1) is 13.8. The second-order valence-electron chi connectivity index (χ2n) is 8.85. The molecule has 0 aromatic rings. The van der Waals surface area contributed by atoms with E-state index in [9.17, 15) is 9.59 Å². The Morgan fingerprint density at radius 3 is 1.55 bits per heavy atom. The molecule has 0 aliphatic carbocycles. The minimum absolute atomic E-state index is 0.389. The van der Waals surface area contributed by atoms with E-state index in [1.807, 2.05) is 0 Å². The van der Waals surface area contributed by atoms with Crippen LogP contribution in [0.25, 0.3) is 0 Å². The Hall–Kier alpha value is -1.14. The molecule has 0 aliphatic heterocycles. The van der Waals surface area contributed by atoms with Crippen LogP contribution in [0.4, 0.5) is 4.79 Å². The van der Waals surface area contributed by atoms with E-state index in [2.05, 4.69) is 11.7 Å². The topological polar surface area (TPSA) is 82.1 Å². The first-order valence-corrected chi connectivity index (χ1v) is 11.6. The number of unbranched alkanes of at least 4 members (excludes halogenated alkanes) is 13. The molecular formula is C23H44O6. The molecule has 0 saturated heterocycles. The van der Waals surface area contributed by atoms with Gasteiger partial charge >= 0.3 is 12.1 Å². The molecule has 0 saturated carbocycles. The van der Waals surface area contributed by atoms with Crippen LogP contribution in [-0.2, 0) is 19.3 Å². The maximum Gasteiger partial charge on any atom is 0.513 e. The van der Waals surface area contributed by atoms with Crippen molar-refractivity contribution in [3.63, 3.8) is 0 Å². The van der Waals surface area contributed by atoms with Crippen molar-refractivity contribution >= 4 is 12.1 Å². The van der Waals surface area contributed by atoms with Gasteiger partial charge in [0.15, 0.2) is 6.10 Å². The lowest BCUT2D eigenvalue weighted by molar-refractivity contribution is -0.368. The maximum atomic E-state index is 11.8. The Balaban J connectivity index is 3.73. The molecule has 1 unspecified atom stereocenters. The highest BCUT2D eigenvalue weighted by molar-refractivity contribution is 5.84. The Morgan fingerprint density at radius 2 is 1.17 bits per heavy atom. The number of carboxylic acid groups (broad SMARTS) is 1. The van der Waals surface area contributed by atoms with Gasteiger partial charge in [0, 0.05) is 0 Å². The summed E-state index contributed by atoms with van der Waals surface area (Å²) >= 11 is 0. The Bertz CT molecular complexity index is 416. The van der Waals surface area contributed by atoms with Gasteiger partial charge in [-0.15, -0.1) is 0 Å². The van der Waals surface area contributed by atoms with E-state index >= 15 is 0 Å². The SMILES string of the molecule is CCCCCCCCCCCCCCCCC(OOC(C)(C)C)C(=O)OC(=O)O. The van der Waals surface area contributed by atoms with E-state index in [4.69, 9.17) is 14.9 Å². The number of ether oxygens (including phenoxy) is 1. The predicted molar refractivity (Wildman–Crippen MR) is 115 cm³/mol. The van der Waals surface area contributed by atoms with Gasteiger partial charge in [-0.1, -0.05) is 96.8 Å². The van der Waals surface area contributed by atoms with E-state index in [1.165, 1.54) is 70.6 Å². The van der Waals surface area contributed by atoms with Crippen LogP contribution in [0.3, 0.4) is 0 Å². The van der Waals surface area contributed by atoms with Gasteiger partial charge in [-0.2, -0.15) is 0 Å². The maximum absolute atomic E-state index is 11.8. The van der Waals surface area contributed by atoms with Crippen molar-refractivity contribution in [2.24, 2.45) is 0 Å². The zero-order valence-corrected chi connectivity index (χ0v) is 19.2. The summed E-state index contributed by atoms with van der Waals surface area (Å²) in [5.41, 5.74) is -0.586. The molecule has 0 aromatic carbocycles. The van der Waals surface area contributed by atoms with Gasteiger partial charge in [0.2, 0.25) is 0 Å². The molecule has 0 rings (SSSR count). The average Bonchev–Trinajstić information content (AvgIpc) is 2.62. The summed E-state index contributed by atoms with van der Waals surface area (Å²) in [7, 11) is 0. The van der Waals surface area contributed by atoms with Gasteiger partial charge < -0.3 is 9.84 Å². The zero-order chi connectivity index (χ0) is 22.0. The van der Waals surface area contributed by atoms with Gasteiger partial charge in [0.25, 0.3) is 0 Å². The summed E-state index contributed by atoms with van der Waals surface area (Å²) in [6.45, 7) is 7.62. The summed E-state index contributed by atoms with van der Waals surface area (Å²) in [5.74, 6) is -0.920. The fourth-order valence-corrected chi connectivity index (χ4v) is 3.08. The fraction of sp³-hybridized carbons (Fsp3) is 0.913. The smallest absolute Gasteiger partial charge is 0.449 e. The molecule has 1 atom stereocenters. The third-order valence-corrected chi connectivity index (χ3v) is 4.68. The summed E-state index contributed by atoms with van der Waals surface area (Å²) in [5, 5.41) is 8.62. The molecule has 172 valence electrons. The third kappa shape index (κ3) is 19.9. The number of hydrogen-bond donors (Lipinski definition) is 1. The van der Waals surface area contributed by atoms with Gasteiger partial charge in [-0.05, 0) is 27.2 Å². The van der Waals surface area contributed by atoms with Crippen molar-refractivity contribution in [2.45, 2.75) is 136 Å². The molecule has 0 radical (unpaired) electrons. The van der Waals surface area contributed by atoms with Crippen LogP contribution in [0.15, 0.2) is 0 Å². The van der Waals surface area contributed by atoms with Crippen LogP contribution in [-0.4, -0.2) is 28.9 Å². The average molecular weight is 417 g/mol.